The number of anilines is 1. The molecule has 1 heterocycles. The fourth-order valence-corrected chi connectivity index (χ4v) is 2.87. The minimum Gasteiger partial charge on any atom is -0.369 e. The first-order chi connectivity index (χ1) is 12.0. The summed E-state index contributed by atoms with van der Waals surface area (Å²) in [5.74, 6) is 0.899. The number of hydrogen-bond acceptors (Lipinski definition) is 3. The molecule has 0 bridgehead atoms. The maximum Gasteiger partial charge on any atom is 0.223 e. The minimum atomic E-state index is 0. The van der Waals surface area contributed by atoms with Crippen molar-refractivity contribution >= 4 is 41.5 Å². The van der Waals surface area contributed by atoms with Crippen LogP contribution in [0, 0.1) is 6.92 Å². The Morgan fingerprint density at radius 2 is 2.00 bits per heavy atom. The van der Waals surface area contributed by atoms with Gasteiger partial charge in [0.25, 0.3) is 0 Å². The molecule has 146 valence electrons. The molecule has 1 saturated heterocycles. The topological polar surface area (TPSA) is 60.0 Å². The lowest BCUT2D eigenvalue weighted by atomic mass is 10.2. The second kappa shape index (κ2) is 11.3. The molecule has 1 aliphatic heterocycles. The summed E-state index contributed by atoms with van der Waals surface area (Å²) < 4.78 is 0. The van der Waals surface area contributed by atoms with E-state index >= 15 is 0 Å². The van der Waals surface area contributed by atoms with E-state index in [9.17, 15) is 4.79 Å². The molecule has 2 rings (SSSR count). The van der Waals surface area contributed by atoms with Gasteiger partial charge in [-0.15, -0.1) is 24.0 Å². The van der Waals surface area contributed by atoms with Gasteiger partial charge in [-0.25, -0.2) is 0 Å². The number of carbonyl (C=O) groups excluding carboxylic acids is 1. The summed E-state index contributed by atoms with van der Waals surface area (Å²) in [6, 6.07) is 9.05. The Balaban J connectivity index is 0.00000338. The van der Waals surface area contributed by atoms with E-state index in [1.807, 2.05) is 0 Å². The van der Waals surface area contributed by atoms with E-state index in [0.717, 1.165) is 32.0 Å². The highest BCUT2D eigenvalue weighted by Gasteiger charge is 2.23. The van der Waals surface area contributed by atoms with Gasteiger partial charge in [-0.1, -0.05) is 17.7 Å². The van der Waals surface area contributed by atoms with Crippen LogP contribution in [0.2, 0.25) is 0 Å². The Morgan fingerprint density at radius 1 is 1.31 bits per heavy atom. The Labute approximate surface area is 174 Å². The van der Waals surface area contributed by atoms with E-state index in [1.165, 1.54) is 11.3 Å². The molecular weight excluding hydrogens is 441 g/mol. The number of nitrogens with zero attached hydrogens (tertiary/aromatic N) is 3. The lowest BCUT2D eigenvalue weighted by molar-refractivity contribution is -0.128. The van der Waals surface area contributed by atoms with Crippen LogP contribution >= 0.6 is 24.0 Å². The van der Waals surface area contributed by atoms with Gasteiger partial charge in [0.15, 0.2) is 5.96 Å². The monoisotopic (exact) mass is 473 g/mol. The number of hydrogen-bond donors (Lipinski definition) is 2. The first-order valence-electron chi connectivity index (χ1n) is 9.06. The quantitative estimate of drug-likeness (QED) is 0.378. The van der Waals surface area contributed by atoms with Gasteiger partial charge in [-0.2, -0.15) is 0 Å². The van der Waals surface area contributed by atoms with E-state index in [1.54, 1.807) is 19.0 Å². The number of benzene rings is 1. The molecule has 6 nitrogen and oxygen atoms in total. The molecule has 1 fully saturated rings. The minimum absolute atomic E-state index is 0. The van der Waals surface area contributed by atoms with E-state index in [-0.39, 0.29) is 29.9 Å². The molecule has 7 heteroatoms. The van der Waals surface area contributed by atoms with Crippen LogP contribution in [-0.2, 0) is 4.79 Å². The fraction of sp³-hybridized carbons (Fsp3) is 0.579. The molecule has 1 atom stereocenters. The maximum atomic E-state index is 11.7. The third-order valence-corrected chi connectivity index (χ3v) is 4.37. The molecule has 0 saturated carbocycles. The average Bonchev–Trinajstić information content (AvgIpc) is 3.04. The van der Waals surface area contributed by atoms with E-state index in [4.69, 9.17) is 0 Å². The summed E-state index contributed by atoms with van der Waals surface area (Å²) in [4.78, 5) is 20.2. The normalized spacial score (nSPS) is 16.8. The van der Waals surface area contributed by atoms with Gasteiger partial charge in [0.05, 0.1) is 6.54 Å². The van der Waals surface area contributed by atoms with Gasteiger partial charge < -0.3 is 20.4 Å². The second-order valence-electron chi connectivity index (χ2n) is 6.71. The molecule has 1 aromatic rings. The predicted molar refractivity (Wildman–Crippen MR) is 120 cm³/mol. The maximum absolute atomic E-state index is 11.7. The highest BCUT2D eigenvalue weighted by molar-refractivity contribution is 14.0. The number of guanidine groups is 1. The van der Waals surface area contributed by atoms with Gasteiger partial charge in [-0.3, -0.25) is 9.79 Å². The number of aliphatic imine (C=N–C) groups is 1. The van der Waals surface area contributed by atoms with Crippen molar-refractivity contribution in [3.63, 3.8) is 0 Å². The fourth-order valence-electron chi connectivity index (χ4n) is 2.87. The summed E-state index contributed by atoms with van der Waals surface area (Å²) in [6.07, 6.45) is 1.51. The van der Waals surface area contributed by atoms with E-state index in [0.29, 0.717) is 19.0 Å². The van der Waals surface area contributed by atoms with Crippen molar-refractivity contribution in [2.75, 3.05) is 45.2 Å². The molecule has 1 unspecified atom stereocenters. The molecular formula is C19H32IN5O. The van der Waals surface area contributed by atoms with Crippen molar-refractivity contribution < 1.29 is 4.79 Å². The number of carbonyl (C=O) groups is 1. The van der Waals surface area contributed by atoms with Gasteiger partial charge in [-0.05, 0) is 32.4 Å². The standard InChI is InChI=1S/C19H31N5O.HI/c1-5-20-19(21-12-10-18(25)23(3)4)22-16-11-13-24(14-16)17-8-6-15(2)7-9-17;/h6-9,16H,5,10-14H2,1-4H3,(H2,20,21,22);1H. The van der Waals surface area contributed by atoms with Crippen molar-refractivity contribution in [3.8, 4) is 0 Å². The zero-order valence-corrected chi connectivity index (χ0v) is 18.6. The van der Waals surface area contributed by atoms with Crippen molar-refractivity contribution in [2.45, 2.75) is 32.7 Å². The molecule has 2 N–H and O–H groups in total. The van der Waals surface area contributed by atoms with Crippen molar-refractivity contribution in [2.24, 2.45) is 4.99 Å². The van der Waals surface area contributed by atoms with Gasteiger partial charge >= 0.3 is 0 Å². The Kier molecular flexibility index (Phi) is 9.75. The first kappa shape index (κ1) is 22.5. The molecule has 1 amide bonds. The van der Waals surface area contributed by atoms with Crippen LogP contribution in [0.25, 0.3) is 0 Å². The number of halogens is 1. The summed E-state index contributed by atoms with van der Waals surface area (Å²) in [7, 11) is 3.54. The summed E-state index contributed by atoms with van der Waals surface area (Å²) >= 11 is 0. The Hall–Kier alpha value is -1.51. The van der Waals surface area contributed by atoms with Gasteiger partial charge in [0.1, 0.15) is 0 Å². The van der Waals surface area contributed by atoms with E-state index in [2.05, 4.69) is 58.6 Å². The van der Waals surface area contributed by atoms with Crippen LogP contribution in [0.1, 0.15) is 25.3 Å². The lowest BCUT2D eigenvalue weighted by Gasteiger charge is -2.20. The molecule has 0 spiro atoms. The molecule has 26 heavy (non-hydrogen) atoms. The SMILES string of the molecule is CCNC(=NCCC(=O)N(C)C)NC1CCN(c2ccc(C)cc2)C1.I. The molecule has 0 aromatic heterocycles. The highest BCUT2D eigenvalue weighted by atomic mass is 127. The van der Waals surface area contributed by atoms with Crippen molar-refractivity contribution in [3.05, 3.63) is 29.8 Å². The zero-order valence-electron chi connectivity index (χ0n) is 16.3. The van der Waals surface area contributed by atoms with Crippen molar-refractivity contribution in [1.82, 2.24) is 15.5 Å². The highest BCUT2D eigenvalue weighted by Crippen LogP contribution is 2.20. The first-order valence-corrected chi connectivity index (χ1v) is 9.06. The average molecular weight is 473 g/mol. The van der Waals surface area contributed by atoms with Crippen LogP contribution in [0.4, 0.5) is 5.69 Å². The molecule has 1 aliphatic rings. The number of rotatable bonds is 6. The number of aryl methyl sites for hydroxylation is 1. The van der Waals surface area contributed by atoms with Crippen LogP contribution in [0.15, 0.2) is 29.3 Å². The number of nitrogens with one attached hydrogen (secondary N) is 2. The van der Waals surface area contributed by atoms with Crippen LogP contribution in [-0.4, -0.2) is 63.1 Å². The van der Waals surface area contributed by atoms with Crippen LogP contribution in [0.3, 0.4) is 0 Å². The van der Waals surface area contributed by atoms with Crippen molar-refractivity contribution in [1.29, 1.82) is 0 Å². The van der Waals surface area contributed by atoms with Gasteiger partial charge in [0, 0.05) is 51.9 Å². The largest absolute Gasteiger partial charge is 0.369 e. The lowest BCUT2D eigenvalue weighted by Crippen LogP contribution is -2.44. The Morgan fingerprint density at radius 3 is 2.62 bits per heavy atom. The second-order valence-corrected chi connectivity index (χ2v) is 6.71. The Bertz CT molecular complexity index is 588. The molecule has 0 radical (unpaired) electrons. The predicted octanol–water partition coefficient (Wildman–Crippen LogP) is 2.23. The third kappa shape index (κ3) is 7.01. The summed E-state index contributed by atoms with van der Waals surface area (Å²) in [5, 5.41) is 6.77. The van der Waals surface area contributed by atoms with Crippen LogP contribution in [0.5, 0.6) is 0 Å². The summed E-state index contributed by atoms with van der Waals surface area (Å²) in [6.45, 7) is 7.47. The molecule has 1 aromatic carbocycles. The van der Waals surface area contributed by atoms with Crippen LogP contribution < -0.4 is 15.5 Å². The number of amides is 1. The van der Waals surface area contributed by atoms with Gasteiger partial charge in [0.2, 0.25) is 5.91 Å². The molecule has 0 aliphatic carbocycles. The summed E-state index contributed by atoms with van der Waals surface area (Å²) in [5.41, 5.74) is 2.56. The zero-order chi connectivity index (χ0) is 18.2. The van der Waals surface area contributed by atoms with E-state index < -0.39 is 0 Å². The third-order valence-electron chi connectivity index (χ3n) is 4.37. The smallest absolute Gasteiger partial charge is 0.223 e.